The number of alkyl halides is 1. The molecule has 0 bridgehead atoms. The number of benzene rings is 2. The molecule has 2 aromatic rings. The van der Waals surface area contributed by atoms with Gasteiger partial charge in [0.15, 0.2) is 11.5 Å². The van der Waals surface area contributed by atoms with Crippen molar-refractivity contribution in [2.75, 3.05) is 27.3 Å². The lowest BCUT2D eigenvalue weighted by molar-refractivity contribution is 0.0918. The van der Waals surface area contributed by atoms with Gasteiger partial charge in [-0.15, -0.1) is 0 Å². The average molecular weight is 468 g/mol. The van der Waals surface area contributed by atoms with Crippen LogP contribution in [0.4, 0.5) is 13.2 Å². The number of rotatable bonds is 5. The Kier molecular flexibility index (Phi) is 5.98. The number of hydrogen-bond donors (Lipinski definition) is 0. The fraction of sp³-hybridized carbons (Fsp3) is 0.391. The molecule has 9 heteroatoms. The molecule has 5 nitrogen and oxygen atoms in total. The number of fused-ring (bicyclic) bond motifs is 1. The summed E-state index contributed by atoms with van der Waals surface area (Å²) in [5.74, 6) is -0.565. The summed E-state index contributed by atoms with van der Waals surface area (Å²) in [5, 5.41) is 0. The minimum atomic E-state index is -3.83. The standard InChI is InChI=1S/C23H24F3NO4S/c1-30-20-10-16-9-18(32(28,29)22(16)12-21(20)31-2)13-23(26)5-7-27(8-6-23)14-15-3-4-17(24)11-19(15)25/h3-4,10-13H,5-9,14H2,1-2H3/b18-13+. The van der Waals surface area contributed by atoms with Gasteiger partial charge in [-0.3, -0.25) is 4.90 Å². The van der Waals surface area contributed by atoms with Crippen LogP contribution >= 0.6 is 0 Å². The Bertz CT molecular complexity index is 1170. The van der Waals surface area contributed by atoms with Crippen molar-refractivity contribution in [1.29, 1.82) is 0 Å². The van der Waals surface area contributed by atoms with E-state index < -0.39 is 27.1 Å². The predicted molar refractivity (Wildman–Crippen MR) is 113 cm³/mol. The molecule has 2 aliphatic heterocycles. The van der Waals surface area contributed by atoms with Crippen LogP contribution in [0.2, 0.25) is 0 Å². The minimum absolute atomic E-state index is 0.0309. The largest absolute Gasteiger partial charge is 0.493 e. The molecule has 0 spiro atoms. The fourth-order valence-corrected chi connectivity index (χ4v) is 5.98. The number of sulfone groups is 1. The van der Waals surface area contributed by atoms with Crippen molar-refractivity contribution in [3.05, 3.63) is 64.1 Å². The first-order valence-corrected chi connectivity index (χ1v) is 11.7. The van der Waals surface area contributed by atoms with Crippen LogP contribution in [0.5, 0.6) is 11.5 Å². The van der Waals surface area contributed by atoms with Crippen LogP contribution in [-0.4, -0.2) is 46.3 Å². The number of piperidine rings is 1. The second-order valence-electron chi connectivity index (χ2n) is 8.15. The molecule has 2 aliphatic rings. The maximum Gasteiger partial charge on any atom is 0.203 e. The summed E-state index contributed by atoms with van der Waals surface area (Å²) in [5.41, 5.74) is -0.897. The molecule has 0 saturated carbocycles. The molecule has 32 heavy (non-hydrogen) atoms. The van der Waals surface area contributed by atoms with Crippen LogP contribution in [0.3, 0.4) is 0 Å². The average Bonchev–Trinajstić information content (AvgIpc) is 2.99. The Balaban J connectivity index is 1.50. The molecular weight excluding hydrogens is 443 g/mol. The third kappa shape index (κ3) is 4.23. The van der Waals surface area contributed by atoms with Crippen LogP contribution in [0.1, 0.15) is 24.0 Å². The lowest BCUT2D eigenvalue weighted by atomic mass is 9.92. The Morgan fingerprint density at radius 3 is 2.34 bits per heavy atom. The number of allylic oxidation sites excluding steroid dienone is 2. The van der Waals surface area contributed by atoms with E-state index in [2.05, 4.69) is 0 Å². The highest BCUT2D eigenvalue weighted by Crippen LogP contribution is 2.43. The zero-order chi connectivity index (χ0) is 23.1. The summed E-state index contributed by atoms with van der Waals surface area (Å²) in [4.78, 5) is 2.01. The van der Waals surface area contributed by atoms with Crippen molar-refractivity contribution in [2.45, 2.75) is 36.4 Å². The second-order valence-corrected chi connectivity index (χ2v) is 10.1. The van der Waals surface area contributed by atoms with Gasteiger partial charge in [-0.25, -0.2) is 21.6 Å². The van der Waals surface area contributed by atoms with E-state index in [0.29, 0.717) is 35.7 Å². The molecule has 0 radical (unpaired) electrons. The lowest BCUT2D eigenvalue weighted by Gasteiger charge is -2.35. The molecule has 0 aliphatic carbocycles. The van der Waals surface area contributed by atoms with E-state index in [-0.39, 0.29) is 35.6 Å². The van der Waals surface area contributed by atoms with Crippen LogP contribution in [0.15, 0.2) is 46.2 Å². The van der Waals surface area contributed by atoms with Crippen LogP contribution in [-0.2, 0) is 22.8 Å². The van der Waals surface area contributed by atoms with Crippen LogP contribution in [0, 0.1) is 11.6 Å². The third-order valence-electron chi connectivity index (χ3n) is 6.08. The van der Waals surface area contributed by atoms with Gasteiger partial charge in [0.2, 0.25) is 9.84 Å². The quantitative estimate of drug-likeness (QED) is 0.660. The van der Waals surface area contributed by atoms with Gasteiger partial charge in [-0.05, 0) is 36.6 Å². The molecule has 172 valence electrons. The van der Waals surface area contributed by atoms with E-state index in [1.165, 1.54) is 38.5 Å². The maximum absolute atomic E-state index is 15.6. The first-order chi connectivity index (χ1) is 15.1. The SMILES string of the molecule is COc1cc2c(cc1OC)S(=O)(=O)/C(=C/C1(F)CCN(Cc3ccc(F)cc3F)CC1)C2. The number of halogens is 3. The summed E-state index contributed by atoms with van der Waals surface area (Å²) >= 11 is 0. The molecule has 1 fully saturated rings. The summed E-state index contributed by atoms with van der Waals surface area (Å²) in [7, 11) is -0.940. The lowest BCUT2D eigenvalue weighted by Crippen LogP contribution is -2.40. The van der Waals surface area contributed by atoms with Crippen molar-refractivity contribution in [1.82, 2.24) is 4.90 Å². The summed E-state index contributed by atoms with van der Waals surface area (Å²) in [6, 6.07) is 6.43. The number of hydrogen-bond acceptors (Lipinski definition) is 5. The first kappa shape index (κ1) is 22.7. The predicted octanol–water partition coefficient (Wildman–Crippen LogP) is 4.20. The van der Waals surface area contributed by atoms with E-state index in [0.717, 1.165) is 6.07 Å². The molecule has 2 heterocycles. The van der Waals surface area contributed by atoms with Crippen molar-refractivity contribution in [3.63, 3.8) is 0 Å². The monoisotopic (exact) mass is 467 g/mol. The molecular formula is C23H24F3NO4S. The van der Waals surface area contributed by atoms with Gasteiger partial charge in [-0.1, -0.05) is 6.07 Å². The fourth-order valence-electron chi connectivity index (χ4n) is 4.25. The first-order valence-electron chi connectivity index (χ1n) is 10.2. The Morgan fingerprint density at radius 2 is 1.72 bits per heavy atom. The zero-order valence-corrected chi connectivity index (χ0v) is 18.6. The van der Waals surface area contributed by atoms with Gasteiger partial charge < -0.3 is 9.47 Å². The Hall–Kier alpha value is -2.52. The Morgan fingerprint density at radius 1 is 1.06 bits per heavy atom. The van der Waals surface area contributed by atoms with Gasteiger partial charge in [0.1, 0.15) is 17.3 Å². The summed E-state index contributed by atoms with van der Waals surface area (Å²) in [6.45, 7) is 0.888. The maximum atomic E-state index is 15.6. The smallest absolute Gasteiger partial charge is 0.203 e. The van der Waals surface area contributed by atoms with E-state index in [1.54, 1.807) is 6.07 Å². The molecule has 0 unspecified atom stereocenters. The van der Waals surface area contributed by atoms with Crippen molar-refractivity contribution >= 4 is 9.84 Å². The van der Waals surface area contributed by atoms with Crippen molar-refractivity contribution in [2.24, 2.45) is 0 Å². The van der Waals surface area contributed by atoms with Crippen molar-refractivity contribution < 1.29 is 31.1 Å². The van der Waals surface area contributed by atoms with Gasteiger partial charge in [0.25, 0.3) is 0 Å². The molecule has 0 aromatic heterocycles. The highest BCUT2D eigenvalue weighted by Gasteiger charge is 2.39. The van der Waals surface area contributed by atoms with Crippen molar-refractivity contribution in [3.8, 4) is 11.5 Å². The van der Waals surface area contributed by atoms with Crippen LogP contribution in [0.25, 0.3) is 0 Å². The highest BCUT2D eigenvalue weighted by atomic mass is 32.2. The minimum Gasteiger partial charge on any atom is -0.493 e. The number of ether oxygens (including phenoxy) is 2. The molecule has 0 atom stereocenters. The summed E-state index contributed by atoms with van der Waals surface area (Å²) in [6.07, 6.45) is 1.49. The molecule has 0 N–H and O–H groups in total. The zero-order valence-electron chi connectivity index (χ0n) is 17.8. The number of nitrogens with zero attached hydrogens (tertiary/aromatic N) is 1. The van der Waals surface area contributed by atoms with E-state index in [4.69, 9.17) is 9.47 Å². The number of methoxy groups -OCH3 is 2. The Labute approximate surface area is 185 Å². The van der Waals surface area contributed by atoms with Crippen LogP contribution < -0.4 is 9.47 Å². The normalized spacial score (nSPS) is 20.8. The molecule has 2 aromatic carbocycles. The number of likely N-dealkylation sites (tertiary alicyclic amines) is 1. The molecule has 0 amide bonds. The van der Waals surface area contributed by atoms with E-state index in [9.17, 15) is 17.2 Å². The van der Waals surface area contributed by atoms with E-state index in [1.807, 2.05) is 4.90 Å². The highest BCUT2D eigenvalue weighted by molar-refractivity contribution is 7.95. The van der Waals surface area contributed by atoms with Gasteiger partial charge in [-0.2, -0.15) is 0 Å². The molecule has 4 rings (SSSR count). The third-order valence-corrected chi connectivity index (χ3v) is 7.99. The summed E-state index contributed by atoms with van der Waals surface area (Å²) < 4.78 is 79.1. The molecule has 1 saturated heterocycles. The topological polar surface area (TPSA) is 55.8 Å². The van der Waals surface area contributed by atoms with Gasteiger partial charge in [0, 0.05) is 43.8 Å². The van der Waals surface area contributed by atoms with E-state index >= 15 is 4.39 Å². The van der Waals surface area contributed by atoms with Gasteiger partial charge in [0.05, 0.1) is 24.0 Å². The second kappa shape index (κ2) is 8.44. The van der Waals surface area contributed by atoms with Gasteiger partial charge >= 0.3 is 0 Å².